The maximum absolute atomic E-state index is 12.5. The van der Waals surface area contributed by atoms with Crippen LogP contribution in [0.1, 0.15) is 30.4 Å². The first-order valence-corrected chi connectivity index (χ1v) is 10.00. The van der Waals surface area contributed by atoms with Crippen molar-refractivity contribution in [3.05, 3.63) is 65.7 Å². The Labute approximate surface area is 169 Å². The summed E-state index contributed by atoms with van der Waals surface area (Å²) in [6.07, 6.45) is 1.88. The van der Waals surface area contributed by atoms with Crippen molar-refractivity contribution in [1.29, 1.82) is 0 Å². The molecule has 0 aliphatic carbocycles. The molecule has 3 aromatic carbocycles. The summed E-state index contributed by atoms with van der Waals surface area (Å²) in [5.74, 6) is 0.448. The van der Waals surface area contributed by atoms with Gasteiger partial charge in [-0.15, -0.1) is 0 Å². The number of benzene rings is 3. The summed E-state index contributed by atoms with van der Waals surface area (Å²) in [4.78, 5) is 26.8. The van der Waals surface area contributed by atoms with Crippen molar-refractivity contribution < 1.29 is 14.3 Å². The van der Waals surface area contributed by atoms with Crippen LogP contribution in [-0.4, -0.2) is 25.0 Å². The number of ether oxygens (including phenoxy) is 1. The third-order valence-corrected chi connectivity index (χ3v) is 5.79. The van der Waals surface area contributed by atoms with E-state index in [2.05, 4.69) is 5.32 Å². The Bertz CT molecular complexity index is 1140. The lowest BCUT2D eigenvalue weighted by atomic mass is 9.96. The van der Waals surface area contributed by atoms with E-state index in [0.717, 1.165) is 52.7 Å². The van der Waals surface area contributed by atoms with E-state index in [1.54, 1.807) is 0 Å². The quantitative estimate of drug-likeness (QED) is 0.729. The van der Waals surface area contributed by atoms with Gasteiger partial charge in [0.1, 0.15) is 5.75 Å². The summed E-state index contributed by atoms with van der Waals surface area (Å²) in [6, 6.07) is 17.7. The van der Waals surface area contributed by atoms with Crippen LogP contribution in [0.4, 0.5) is 11.4 Å². The summed E-state index contributed by atoms with van der Waals surface area (Å²) in [5, 5.41) is 5.14. The Morgan fingerprint density at radius 3 is 2.83 bits per heavy atom. The summed E-state index contributed by atoms with van der Waals surface area (Å²) in [6.45, 7) is 2.66. The zero-order valence-electron chi connectivity index (χ0n) is 16.3. The molecule has 1 N–H and O–H groups in total. The van der Waals surface area contributed by atoms with Crippen molar-refractivity contribution in [2.45, 2.75) is 25.7 Å². The van der Waals surface area contributed by atoms with Gasteiger partial charge in [0.05, 0.1) is 11.6 Å². The molecule has 0 spiro atoms. The first-order chi connectivity index (χ1) is 14.1. The fourth-order valence-electron chi connectivity index (χ4n) is 4.37. The Balaban J connectivity index is 1.30. The van der Waals surface area contributed by atoms with Crippen molar-refractivity contribution in [3.8, 4) is 5.75 Å². The molecule has 5 heteroatoms. The SMILES string of the molecule is C[C@@H]1C(=O)N2CCCc3cc(NC(=O)COc4ccc5ccccc5c4)cc1c32. The summed E-state index contributed by atoms with van der Waals surface area (Å²) >= 11 is 0. The van der Waals surface area contributed by atoms with Gasteiger partial charge < -0.3 is 15.0 Å². The average molecular weight is 386 g/mol. The predicted molar refractivity (Wildman–Crippen MR) is 114 cm³/mol. The number of carbonyl (C=O) groups excluding carboxylic acids is 2. The molecule has 2 aliphatic rings. The van der Waals surface area contributed by atoms with E-state index in [9.17, 15) is 9.59 Å². The fraction of sp³-hybridized carbons (Fsp3) is 0.250. The van der Waals surface area contributed by atoms with Gasteiger partial charge in [-0.25, -0.2) is 0 Å². The second kappa shape index (κ2) is 6.92. The molecule has 0 fully saturated rings. The topological polar surface area (TPSA) is 58.6 Å². The van der Waals surface area contributed by atoms with Crippen LogP contribution in [-0.2, 0) is 16.0 Å². The average Bonchev–Trinajstić information content (AvgIpc) is 2.98. The first kappa shape index (κ1) is 17.7. The highest BCUT2D eigenvalue weighted by atomic mass is 16.5. The minimum atomic E-state index is -0.213. The van der Waals surface area contributed by atoms with Crippen LogP contribution in [0, 0.1) is 0 Å². The summed E-state index contributed by atoms with van der Waals surface area (Å²) in [7, 11) is 0. The molecular formula is C24H22N2O3. The molecule has 1 atom stereocenters. The Morgan fingerprint density at radius 1 is 1.14 bits per heavy atom. The molecular weight excluding hydrogens is 364 g/mol. The van der Waals surface area contributed by atoms with E-state index in [1.165, 1.54) is 0 Å². The van der Waals surface area contributed by atoms with Gasteiger partial charge in [-0.2, -0.15) is 0 Å². The van der Waals surface area contributed by atoms with E-state index in [0.29, 0.717) is 5.75 Å². The molecule has 0 saturated heterocycles. The van der Waals surface area contributed by atoms with Gasteiger partial charge >= 0.3 is 0 Å². The molecule has 2 heterocycles. The Hall–Kier alpha value is -3.34. The third-order valence-electron chi connectivity index (χ3n) is 5.79. The van der Waals surface area contributed by atoms with Crippen LogP contribution < -0.4 is 15.0 Å². The minimum Gasteiger partial charge on any atom is -0.484 e. The predicted octanol–water partition coefficient (Wildman–Crippen LogP) is 4.25. The van der Waals surface area contributed by atoms with Crippen LogP contribution >= 0.6 is 0 Å². The second-order valence-corrected chi connectivity index (χ2v) is 7.73. The molecule has 2 aliphatic heterocycles. The lowest BCUT2D eigenvalue weighted by molar-refractivity contribution is -0.119. The number of hydrogen-bond donors (Lipinski definition) is 1. The van der Waals surface area contributed by atoms with Crippen LogP contribution in [0.5, 0.6) is 5.75 Å². The van der Waals surface area contributed by atoms with Gasteiger partial charge in [0, 0.05) is 12.2 Å². The summed E-state index contributed by atoms with van der Waals surface area (Å²) in [5.41, 5.74) is 3.93. The second-order valence-electron chi connectivity index (χ2n) is 7.73. The molecule has 0 aromatic heterocycles. The number of fused-ring (bicyclic) bond motifs is 1. The number of hydrogen-bond acceptors (Lipinski definition) is 3. The van der Waals surface area contributed by atoms with Crippen LogP contribution in [0.15, 0.2) is 54.6 Å². The number of rotatable bonds is 4. The molecule has 0 saturated carbocycles. The molecule has 0 bridgehead atoms. The van der Waals surface area contributed by atoms with Crippen molar-refractivity contribution in [1.82, 2.24) is 0 Å². The molecule has 5 rings (SSSR count). The van der Waals surface area contributed by atoms with Gasteiger partial charge in [0.15, 0.2) is 6.61 Å². The molecule has 29 heavy (non-hydrogen) atoms. The van der Waals surface area contributed by atoms with E-state index in [1.807, 2.05) is 66.4 Å². The minimum absolute atomic E-state index is 0.0641. The van der Waals surface area contributed by atoms with E-state index in [4.69, 9.17) is 4.74 Å². The van der Waals surface area contributed by atoms with Gasteiger partial charge in [-0.05, 0) is 65.9 Å². The van der Waals surface area contributed by atoms with Crippen LogP contribution in [0.2, 0.25) is 0 Å². The van der Waals surface area contributed by atoms with Gasteiger partial charge in [0.25, 0.3) is 5.91 Å². The molecule has 0 radical (unpaired) electrons. The number of anilines is 2. The van der Waals surface area contributed by atoms with E-state index < -0.39 is 0 Å². The normalized spacial score (nSPS) is 17.3. The van der Waals surface area contributed by atoms with E-state index in [-0.39, 0.29) is 24.3 Å². The molecule has 2 amide bonds. The van der Waals surface area contributed by atoms with Gasteiger partial charge in [0.2, 0.25) is 5.91 Å². The molecule has 3 aromatic rings. The zero-order chi connectivity index (χ0) is 20.0. The lowest BCUT2D eigenvalue weighted by Crippen LogP contribution is -2.32. The van der Waals surface area contributed by atoms with Crippen molar-refractivity contribution in [3.63, 3.8) is 0 Å². The van der Waals surface area contributed by atoms with Crippen molar-refractivity contribution >= 4 is 34.0 Å². The zero-order valence-corrected chi connectivity index (χ0v) is 16.3. The Morgan fingerprint density at radius 2 is 1.97 bits per heavy atom. The van der Waals surface area contributed by atoms with Crippen molar-refractivity contribution in [2.75, 3.05) is 23.4 Å². The monoisotopic (exact) mass is 386 g/mol. The standard InChI is InChI=1S/C24H22N2O3/c1-15-21-13-19(11-18-7-4-10-26(23(18)21)24(15)28)25-22(27)14-29-20-9-8-16-5-2-3-6-17(16)12-20/h2-3,5-6,8-9,11-13,15H,4,7,10,14H2,1H3,(H,25,27)/t15-/m0/s1. The number of carbonyl (C=O) groups is 2. The fourth-order valence-corrected chi connectivity index (χ4v) is 4.37. The largest absolute Gasteiger partial charge is 0.484 e. The van der Waals surface area contributed by atoms with E-state index >= 15 is 0 Å². The smallest absolute Gasteiger partial charge is 0.262 e. The van der Waals surface area contributed by atoms with Crippen LogP contribution in [0.25, 0.3) is 10.8 Å². The maximum Gasteiger partial charge on any atom is 0.262 e. The molecule has 0 unspecified atom stereocenters. The number of amides is 2. The molecule has 5 nitrogen and oxygen atoms in total. The highest BCUT2D eigenvalue weighted by Gasteiger charge is 2.37. The highest BCUT2D eigenvalue weighted by Crippen LogP contribution is 2.44. The number of aryl methyl sites for hydroxylation is 1. The third kappa shape index (κ3) is 3.12. The van der Waals surface area contributed by atoms with Crippen molar-refractivity contribution in [2.24, 2.45) is 0 Å². The highest BCUT2D eigenvalue weighted by molar-refractivity contribution is 6.07. The first-order valence-electron chi connectivity index (χ1n) is 10.00. The van der Waals surface area contributed by atoms with Gasteiger partial charge in [-0.1, -0.05) is 30.3 Å². The van der Waals surface area contributed by atoms with Crippen LogP contribution in [0.3, 0.4) is 0 Å². The summed E-state index contributed by atoms with van der Waals surface area (Å²) < 4.78 is 5.69. The number of nitrogens with one attached hydrogen (secondary N) is 1. The maximum atomic E-state index is 12.5. The lowest BCUT2D eigenvalue weighted by Gasteiger charge is -2.26. The molecule has 146 valence electrons. The Kier molecular flexibility index (Phi) is 4.23. The van der Waals surface area contributed by atoms with Gasteiger partial charge in [-0.3, -0.25) is 9.59 Å². The number of nitrogens with zero attached hydrogens (tertiary/aromatic N) is 1.